The Morgan fingerprint density at radius 3 is 2.53 bits per heavy atom. The van der Waals surface area contributed by atoms with Gasteiger partial charge in [-0.05, 0) is 30.5 Å². The summed E-state index contributed by atoms with van der Waals surface area (Å²) in [6.45, 7) is 0.115. The third-order valence-corrected chi connectivity index (χ3v) is 3.08. The van der Waals surface area contributed by atoms with Crippen LogP contribution < -0.4 is 11.1 Å². The Kier molecular flexibility index (Phi) is 4.04. The molecular formula is C14H19N3O2. The standard InChI is InChI=1S/C14H19N3O2/c1-17(9-13(18)16-12-6-7-12)14(19)8-10-2-4-11(15)5-3-10/h2-5,12H,6-9,15H2,1H3,(H,16,18). The van der Waals surface area contributed by atoms with Crippen LogP contribution in [0.1, 0.15) is 18.4 Å². The molecule has 2 amide bonds. The van der Waals surface area contributed by atoms with Crippen LogP contribution in [-0.2, 0) is 16.0 Å². The number of benzene rings is 1. The van der Waals surface area contributed by atoms with E-state index in [0.29, 0.717) is 11.7 Å². The zero-order chi connectivity index (χ0) is 13.8. The van der Waals surface area contributed by atoms with Gasteiger partial charge in [-0.25, -0.2) is 0 Å². The van der Waals surface area contributed by atoms with Crippen molar-refractivity contribution in [3.05, 3.63) is 29.8 Å². The summed E-state index contributed by atoms with van der Waals surface area (Å²) in [7, 11) is 1.64. The molecule has 0 aromatic heterocycles. The van der Waals surface area contributed by atoms with E-state index in [1.165, 1.54) is 4.90 Å². The van der Waals surface area contributed by atoms with E-state index in [9.17, 15) is 9.59 Å². The highest BCUT2D eigenvalue weighted by Crippen LogP contribution is 2.18. The summed E-state index contributed by atoms with van der Waals surface area (Å²) < 4.78 is 0. The van der Waals surface area contributed by atoms with E-state index in [1.54, 1.807) is 19.2 Å². The third-order valence-electron chi connectivity index (χ3n) is 3.08. The van der Waals surface area contributed by atoms with Gasteiger partial charge in [-0.1, -0.05) is 12.1 Å². The van der Waals surface area contributed by atoms with Crippen molar-refractivity contribution in [2.45, 2.75) is 25.3 Å². The van der Waals surface area contributed by atoms with E-state index >= 15 is 0 Å². The van der Waals surface area contributed by atoms with Crippen molar-refractivity contribution < 1.29 is 9.59 Å². The maximum atomic E-state index is 11.9. The van der Waals surface area contributed by atoms with Gasteiger partial charge in [0.15, 0.2) is 0 Å². The first-order chi connectivity index (χ1) is 9.04. The number of hydrogen-bond acceptors (Lipinski definition) is 3. The molecule has 1 aromatic carbocycles. The lowest BCUT2D eigenvalue weighted by Crippen LogP contribution is -2.39. The normalized spacial score (nSPS) is 13.9. The van der Waals surface area contributed by atoms with Gasteiger partial charge in [-0.3, -0.25) is 9.59 Å². The monoisotopic (exact) mass is 261 g/mol. The number of hydrogen-bond donors (Lipinski definition) is 2. The second kappa shape index (κ2) is 5.73. The Labute approximate surface area is 112 Å². The number of carbonyl (C=O) groups is 2. The van der Waals surface area contributed by atoms with Crippen molar-refractivity contribution in [2.24, 2.45) is 0 Å². The van der Waals surface area contributed by atoms with Crippen LogP contribution in [0.2, 0.25) is 0 Å². The predicted octanol–water partition coefficient (Wildman–Crippen LogP) is 0.548. The van der Waals surface area contributed by atoms with E-state index < -0.39 is 0 Å². The SMILES string of the molecule is CN(CC(=O)NC1CC1)C(=O)Cc1ccc(N)cc1. The van der Waals surface area contributed by atoms with Crippen LogP contribution in [0.25, 0.3) is 0 Å². The molecule has 0 heterocycles. The number of likely N-dealkylation sites (N-methyl/N-ethyl adjacent to an activating group) is 1. The van der Waals surface area contributed by atoms with Crippen molar-refractivity contribution in [2.75, 3.05) is 19.3 Å². The Morgan fingerprint density at radius 2 is 1.95 bits per heavy atom. The summed E-state index contributed by atoms with van der Waals surface area (Å²) >= 11 is 0. The molecule has 0 spiro atoms. The number of carbonyl (C=O) groups excluding carboxylic acids is 2. The number of rotatable bonds is 5. The van der Waals surface area contributed by atoms with E-state index in [-0.39, 0.29) is 24.8 Å². The summed E-state index contributed by atoms with van der Waals surface area (Å²) in [6.07, 6.45) is 2.39. The van der Waals surface area contributed by atoms with Gasteiger partial charge in [0.1, 0.15) is 0 Å². The lowest BCUT2D eigenvalue weighted by Gasteiger charge is -2.16. The predicted molar refractivity (Wildman–Crippen MR) is 73.4 cm³/mol. The van der Waals surface area contributed by atoms with Gasteiger partial charge in [-0.2, -0.15) is 0 Å². The molecule has 0 radical (unpaired) electrons. The smallest absolute Gasteiger partial charge is 0.239 e. The molecule has 2 rings (SSSR count). The van der Waals surface area contributed by atoms with E-state index in [2.05, 4.69) is 5.32 Å². The molecule has 1 aliphatic rings. The van der Waals surface area contributed by atoms with Crippen LogP contribution in [0.15, 0.2) is 24.3 Å². The van der Waals surface area contributed by atoms with E-state index in [1.807, 2.05) is 12.1 Å². The summed E-state index contributed by atoms with van der Waals surface area (Å²) in [5.41, 5.74) is 7.16. The van der Waals surface area contributed by atoms with Crippen molar-refractivity contribution in [1.82, 2.24) is 10.2 Å². The minimum Gasteiger partial charge on any atom is -0.399 e. The maximum absolute atomic E-state index is 11.9. The molecule has 1 fully saturated rings. The van der Waals surface area contributed by atoms with Crippen LogP contribution in [0.5, 0.6) is 0 Å². The number of nitrogens with zero attached hydrogens (tertiary/aromatic N) is 1. The summed E-state index contributed by atoms with van der Waals surface area (Å²) in [5, 5.41) is 2.86. The van der Waals surface area contributed by atoms with Crippen LogP contribution in [0, 0.1) is 0 Å². The van der Waals surface area contributed by atoms with Crippen LogP contribution >= 0.6 is 0 Å². The highest BCUT2D eigenvalue weighted by atomic mass is 16.2. The quantitative estimate of drug-likeness (QED) is 0.760. The average molecular weight is 261 g/mol. The minimum atomic E-state index is -0.0874. The van der Waals surface area contributed by atoms with Crippen molar-refractivity contribution >= 4 is 17.5 Å². The molecule has 1 aromatic rings. The van der Waals surface area contributed by atoms with Gasteiger partial charge >= 0.3 is 0 Å². The molecule has 0 bridgehead atoms. The zero-order valence-electron chi connectivity index (χ0n) is 11.1. The van der Waals surface area contributed by atoms with Crippen molar-refractivity contribution in [3.8, 4) is 0 Å². The van der Waals surface area contributed by atoms with Crippen LogP contribution in [-0.4, -0.2) is 36.3 Å². The molecule has 3 N–H and O–H groups in total. The van der Waals surface area contributed by atoms with E-state index in [0.717, 1.165) is 18.4 Å². The van der Waals surface area contributed by atoms with Crippen molar-refractivity contribution in [1.29, 1.82) is 0 Å². The number of nitrogens with two attached hydrogens (primary N) is 1. The molecule has 0 aliphatic heterocycles. The first-order valence-electron chi connectivity index (χ1n) is 6.42. The summed E-state index contributed by atoms with van der Waals surface area (Å²) in [6, 6.07) is 7.51. The van der Waals surface area contributed by atoms with Gasteiger partial charge in [0.2, 0.25) is 11.8 Å². The number of anilines is 1. The van der Waals surface area contributed by atoms with Gasteiger partial charge < -0.3 is 16.0 Å². The Balaban J connectivity index is 1.80. The number of amides is 2. The lowest BCUT2D eigenvalue weighted by atomic mass is 10.1. The molecule has 1 saturated carbocycles. The summed E-state index contributed by atoms with van der Waals surface area (Å²) in [5.74, 6) is -0.161. The third kappa shape index (κ3) is 4.28. The molecule has 102 valence electrons. The fraction of sp³-hybridized carbons (Fsp3) is 0.429. The molecule has 0 atom stereocenters. The molecule has 5 nitrogen and oxygen atoms in total. The van der Waals surface area contributed by atoms with Crippen LogP contribution in [0.3, 0.4) is 0 Å². The van der Waals surface area contributed by atoms with Crippen molar-refractivity contribution in [3.63, 3.8) is 0 Å². The average Bonchev–Trinajstić information content (AvgIpc) is 3.15. The highest BCUT2D eigenvalue weighted by molar-refractivity contribution is 5.85. The topological polar surface area (TPSA) is 75.4 Å². The maximum Gasteiger partial charge on any atom is 0.239 e. The molecule has 0 saturated heterocycles. The number of nitrogen functional groups attached to an aromatic ring is 1. The Hall–Kier alpha value is -2.04. The lowest BCUT2D eigenvalue weighted by molar-refractivity contribution is -0.134. The van der Waals surface area contributed by atoms with Crippen LogP contribution in [0.4, 0.5) is 5.69 Å². The molecule has 0 unspecified atom stereocenters. The number of nitrogens with one attached hydrogen (secondary N) is 1. The Bertz CT molecular complexity index is 466. The highest BCUT2D eigenvalue weighted by Gasteiger charge is 2.24. The minimum absolute atomic E-state index is 0.0734. The summed E-state index contributed by atoms with van der Waals surface area (Å²) in [4.78, 5) is 25.0. The van der Waals surface area contributed by atoms with Gasteiger partial charge in [0.05, 0.1) is 13.0 Å². The first kappa shape index (κ1) is 13.4. The molecule has 5 heteroatoms. The Morgan fingerprint density at radius 1 is 1.32 bits per heavy atom. The van der Waals surface area contributed by atoms with Gasteiger partial charge in [0, 0.05) is 18.8 Å². The fourth-order valence-corrected chi connectivity index (χ4v) is 1.75. The molecule has 19 heavy (non-hydrogen) atoms. The molecule has 1 aliphatic carbocycles. The zero-order valence-corrected chi connectivity index (χ0v) is 11.1. The van der Waals surface area contributed by atoms with Gasteiger partial charge in [0.25, 0.3) is 0 Å². The fourth-order valence-electron chi connectivity index (χ4n) is 1.75. The largest absolute Gasteiger partial charge is 0.399 e. The molecular weight excluding hydrogens is 242 g/mol. The first-order valence-corrected chi connectivity index (χ1v) is 6.42. The van der Waals surface area contributed by atoms with Gasteiger partial charge in [-0.15, -0.1) is 0 Å². The second-order valence-electron chi connectivity index (χ2n) is 5.01. The van der Waals surface area contributed by atoms with E-state index in [4.69, 9.17) is 5.73 Å². The second-order valence-corrected chi connectivity index (χ2v) is 5.01.